The maximum atomic E-state index is 11.8. The van der Waals surface area contributed by atoms with Gasteiger partial charge in [-0.1, -0.05) is 0 Å². The second-order valence-corrected chi connectivity index (χ2v) is 6.61. The molecule has 1 aromatic rings. The van der Waals surface area contributed by atoms with Crippen molar-refractivity contribution in [3.05, 3.63) is 23.8 Å². The Morgan fingerprint density at radius 3 is 2.65 bits per heavy atom. The highest BCUT2D eigenvalue weighted by atomic mass is 32.2. The quantitative estimate of drug-likeness (QED) is 0.551. The van der Waals surface area contributed by atoms with Gasteiger partial charge >= 0.3 is 11.8 Å². The van der Waals surface area contributed by atoms with E-state index in [4.69, 9.17) is 5.11 Å². The standard InChI is InChI=1S/C16H23N3O3S/c1-12-11-13(19-6-9-23-10-7-19)3-4-14(12)18-16(22)15(21)17-5-2-8-20/h3-4,11,20H,2,5-10H2,1H3,(H,17,21)(H,18,22). The summed E-state index contributed by atoms with van der Waals surface area (Å²) in [6, 6.07) is 5.85. The topological polar surface area (TPSA) is 81.7 Å². The third-order valence-electron chi connectivity index (χ3n) is 3.66. The molecule has 1 fully saturated rings. The van der Waals surface area contributed by atoms with Gasteiger partial charge in [0.05, 0.1) is 0 Å². The molecular formula is C16H23N3O3S. The number of thioether (sulfide) groups is 1. The smallest absolute Gasteiger partial charge is 0.313 e. The lowest BCUT2D eigenvalue weighted by Crippen LogP contribution is -2.36. The molecule has 1 heterocycles. The monoisotopic (exact) mass is 337 g/mol. The number of hydrogen-bond acceptors (Lipinski definition) is 5. The van der Waals surface area contributed by atoms with Crippen molar-refractivity contribution >= 4 is 35.0 Å². The average molecular weight is 337 g/mol. The Morgan fingerprint density at radius 1 is 1.26 bits per heavy atom. The molecule has 0 spiro atoms. The maximum Gasteiger partial charge on any atom is 0.313 e. The van der Waals surface area contributed by atoms with Crippen LogP contribution in [0.5, 0.6) is 0 Å². The number of amides is 2. The van der Waals surface area contributed by atoms with E-state index in [1.165, 1.54) is 0 Å². The van der Waals surface area contributed by atoms with Gasteiger partial charge in [-0.05, 0) is 37.1 Å². The number of anilines is 2. The molecule has 0 aromatic heterocycles. The first-order chi connectivity index (χ1) is 11.1. The molecule has 0 atom stereocenters. The predicted molar refractivity (Wildman–Crippen MR) is 94.1 cm³/mol. The summed E-state index contributed by atoms with van der Waals surface area (Å²) in [5, 5.41) is 13.8. The van der Waals surface area contributed by atoms with E-state index in [1.54, 1.807) is 0 Å². The normalized spacial score (nSPS) is 14.4. The van der Waals surface area contributed by atoms with Gasteiger partial charge in [0.2, 0.25) is 0 Å². The average Bonchev–Trinajstić information content (AvgIpc) is 2.57. The van der Waals surface area contributed by atoms with Gasteiger partial charge in [-0.2, -0.15) is 11.8 Å². The van der Waals surface area contributed by atoms with Crippen molar-refractivity contribution < 1.29 is 14.7 Å². The number of carbonyl (C=O) groups excluding carboxylic acids is 2. The van der Waals surface area contributed by atoms with Crippen LogP contribution in [0.4, 0.5) is 11.4 Å². The second-order valence-electron chi connectivity index (χ2n) is 5.39. The van der Waals surface area contributed by atoms with Crippen LogP contribution in [0.2, 0.25) is 0 Å². The molecule has 3 N–H and O–H groups in total. The summed E-state index contributed by atoms with van der Waals surface area (Å²) in [5.41, 5.74) is 2.72. The molecule has 1 aromatic carbocycles. The SMILES string of the molecule is Cc1cc(N2CCSCC2)ccc1NC(=O)C(=O)NCCCO. The fraction of sp³-hybridized carbons (Fsp3) is 0.500. The number of nitrogens with zero attached hydrogens (tertiary/aromatic N) is 1. The van der Waals surface area contributed by atoms with Crippen molar-refractivity contribution in [1.29, 1.82) is 0 Å². The summed E-state index contributed by atoms with van der Waals surface area (Å²) in [7, 11) is 0. The first-order valence-corrected chi connectivity index (χ1v) is 8.90. The minimum atomic E-state index is -0.687. The molecule has 2 rings (SSSR count). The van der Waals surface area contributed by atoms with Gasteiger partial charge in [0, 0.05) is 49.1 Å². The van der Waals surface area contributed by atoms with Gasteiger partial charge in [-0.25, -0.2) is 0 Å². The Balaban J connectivity index is 1.95. The number of aliphatic hydroxyl groups is 1. The van der Waals surface area contributed by atoms with Crippen molar-refractivity contribution in [2.24, 2.45) is 0 Å². The van der Waals surface area contributed by atoms with E-state index < -0.39 is 11.8 Å². The number of rotatable bonds is 5. The van der Waals surface area contributed by atoms with E-state index in [0.29, 0.717) is 12.1 Å². The summed E-state index contributed by atoms with van der Waals surface area (Å²) in [6.07, 6.45) is 0.431. The van der Waals surface area contributed by atoms with Crippen LogP contribution < -0.4 is 15.5 Å². The lowest BCUT2D eigenvalue weighted by atomic mass is 10.1. The van der Waals surface area contributed by atoms with Gasteiger partial charge in [0.1, 0.15) is 0 Å². The lowest BCUT2D eigenvalue weighted by molar-refractivity contribution is -0.136. The van der Waals surface area contributed by atoms with E-state index in [9.17, 15) is 9.59 Å². The molecule has 0 aliphatic carbocycles. The third-order valence-corrected chi connectivity index (χ3v) is 4.60. The molecule has 1 aliphatic heterocycles. The summed E-state index contributed by atoms with van der Waals surface area (Å²) < 4.78 is 0. The molecule has 23 heavy (non-hydrogen) atoms. The summed E-state index contributed by atoms with van der Waals surface area (Å²) in [5.74, 6) is 0.889. The van der Waals surface area contributed by atoms with Gasteiger partial charge in [0.25, 0.3) is 0 Å². The molecule has 6 nitrogen and oxygen atoms in total. The van der Waals surface area contributed by atoms with E-state index in [0.717, 1.165) is 35.8 Å². The number of carbonyl (C=O) groups is 2. The van der Waals surface area contributed by atoms with Gasteiger partial charge in [-0.3, -0.25) is 9.59 Å². The first kappa shape index (κ1) is 17.6. The molecule has 2 amide bonds. The molecular weight excluding hydrogens is 314 g/mol. The summed E-state index contributed by atoms with van der Waals surface area (Å²) >= 11 is 1.96. The number of benzene rings is 1. The van der Waals surface area contributed by atoms with Crippen molar-refractivity contribution in [1.82, 2.24) is 5.32 Å². The minimum Gasteiger partial charge on any atom is -0.396 e. The molecule has 0 bridgehead atoms. The van der Waals surface area contributed by atoms with E-state index in [-0.39, 0.29) is 13.2 Å². The van der Waals surface area contributed by atoms with Crippen LogP contribution in [0.25, 0.3) is 0 Å². The molecule has 0 unspecified atom stereocenters. The lowest BCUT2D eigenvalue weighted by Gasteiger charge is -2.29. The van der Waals surface area contributed by atoms with Crippen molar-refractivity contribution in [2.75, 3.05) is 48.0 Å². The van der Waals surface area contributed by atoms with E-state index in [1.807, 2.05) is 36.9 Å². The van der Waals surface area contributed by atoms with Crippen LogP contribution >= 0.6 is 11.8 Å². The van der Waals surface area contributed by atoms with Crippen LogP contribution in [0.15, 0.2) is 18.2 Å². The number of nitrogens with one attached hydrogen (secondary N) is 2. The second kappa shape index (κ2) is 8.79. The van der Waals surface area contributed by atoms with Gasteiger partial charge in [-0.15, -0.1) is 0 Å². The largest absolute Gasteiger partial charge is 0.396 e. The van der Waals surface area contributed by atoms with Crippen LogP contribution in [0.1, 0.15) is 12.0 Å². The molecule has 0 saturated carbocycles. The van der Waals surface area contributed by atoms with Crippen LogP contribution in [0, 0.1) is 6.92 Å². The van der Waals surface area contributed by atoms with Crippen molar-refractivity contribution in [2.45, 2.75) is 13.3 Å². The van der Waals surface area contributed by atoms with Crippen molar-refractivity contribution in [3.8, 4) is 0 Å². The number of hydrogen-bond donors (Lipinski definition) is 3. The Labute approximate surface area is 140 Å². The zero-order valence-corrected chi connectivity index (χ0v) is 14.1. The molecule has 1 aliphatic rings. The molecule has 7 heteroatoms. The molecule has 1 saturated heterocycles. The summed E-state index contributed by atoms with van der Waals surface area (Å²) in [6.45, 7) is 4.25. The highest BCUT2D eigenvalue weighted by molar-refractivity contribution is 7.99. The number of aliphatic hydroxyl groups excluding tert-OH is 1. The van der Waals surface area contributed by atoms with Crippen molar-refractivity contribution in [3.63, 3.8) is 0 Å². The molecule has 0 radical (unpaired) electrons. The Morgan fingerprint density at radius 2 is 2.00 bits per heavy atom. The summed E-state index contributed by atoms with van der Waals surface area (Å²) in [4.78, 5) is 25.8. The van der Waals surface area contributed by atoms with E-state index >= 15 is 0 Å². The van der Waals surface area contributed by atoms with Crippen LogP contribution in [-0.4, -0.2) is 54.7 Å². The van der Waals surface area contributed by atoms with Crippen LogP contribution in [0.3, 0.4) is 0 Å². The zero-order valence-electron chi connectivity index (χ0n) is 13.3. The highest BCUT2D eigenvalue weighted by Crippen LogP contribution is 2.24. The fourth-order valence-electron chi connectivity index (χ4n) is 2.35. The highest BCUT2D eigenvalue weighted by Gasteiger charge is 2.16. The maximum absolute atomic E-state index is 11.8. The van der Waals surface area contributed by atoms with E-state index in [2.05, 4.69) is 15.5 Å². The Hall–Kier alpha value is -1.73. The first-order valence-electron chi connectivity index (χ1n) is 7.75. The Bertz CT molecular complexity index is 560. The minimum absolute atomic E-state index is 0.0164. The third kappa shape index (κ3) is 5.14. The molecule has 126 valence electrons. The zero-order chi connectivity index (χ0) is 16.7. The van der Waals surface area contributed by atoms with Crippen LogP contribution in [-0.2, 0) is 9.59 Å². The Kier molecular flexibility index (Phi) is 6.73. The number of aryl methyl sites for hydroxylation is 1. The van der Waals surface area contributed by atoms with Gasteiger partial charge < -0.3 is 20.6 Å². The fourth-order valence-corrected chi connectivity index (χ4v) is 3.25. The van der Waals surface area contributed by atoms with Gasteiger partial charge in [0.15, 0.2) is 0 Å². The predicted octanol–water partition coefficient (Wildman–Crippen LogP) is 0.985.